The second-order valence-electron chi connectivity index (χ2n) is 5.77. The molecule has 0 radical (unpaired) electrons. The van der Waals surface area contributed by atoms with Gasteiger partial charge in [0.25, 0.3) is 0 Å². The Balaban J connectivity index is 2.09. The number of cyclic esters (lactones) is 1. The van der Waals surface area contributed by atoms with E-state index in [2.05, 4.69) is 0 Å². The Kier molecular flexibility index (Phi) is 3.97. The predicted octanol–water partition coefficient (Wildman–Crippen LogP) is 2.99. The van der Waals surface area contributed by atoms with Crippen LogP contribution in [0.3, 0.4) is 0 Å². The molecule has 0 saturated carbocycles. The first-order chi connectivity index (χ1) is 9.37. The van der Waals surface area contributed by atoms with Gasteiger partial charge in [-0.15, -0.1) is 0 Å². The van der Waals surface area contributed by atoms with E-state index in [9.17, 15) is 9.59 Å². The number of carbonyl (C=O) groups is 2. The molecule has 1 aliphatic rings. The SMILES string of the molecule is CC(C)(C)OC(=O)N1C(=O)OC[C@H]1Cc1ccccc1. The smallest absolute Gasteiger partial charge is 0.420 e. The third kappa shape index (κ3) is 3.50. The van der Waals surface area contributed by atoms with Gasteiger partial charge in [-0.2, -0.15) is 0 Å². The lowest BCUT2D eigenvalue weighted by Crippen LogP contribution is -2.43. The zero-order chi connectivity index (χ0) is 14.8. The lowest BCUT2D eigenvalue weighted by Gasteiger charge is -2.25. The average molecular weight is 277 g/mol. The van der Waals surface area contributed by atoms with Crippen molar-refractivity contribution in [3.63, 3.8) is 0 Å². The number of rotatable bonds is 2. The van der Waals surface area contributed by atoms with E-state index in [-0.39, 0.29) is 12.6 Å². The summed E-state index contributed by atoms with van der Waals surface area (Å²) < 4.78 is 10.2. The Bertz CT molecular complexity index is 492. The van der Waals surface area contributed by atoms with E-state index >= 15 is 0 Å². The quantitative estimate of drug-likeness (QED) is 0.834. The minimum Gasteiger partial charge on any atom is -0.447 e. The molecule has 1 aromatic carbocycles. The monoisotopic (exact) mass is 277 g/mol. The highest BCUT2D eigenvalue weighted by Crippen LogP contribution is 2.20. The summed E-state index contributed by atoms with van der Waals surface area (Å²) in [7, 11) is 0. The van der Waals surface area contributed by atoms with Crippen molar-refractivity contribution in [2.45, 2.75) is 38.8 Å². The zero-order valence-corrected chi connectivity index (χ0v) is 12.0. The van der Waals surface area contributed by atoms with E-state index in [1.807, 2.05) is 30.3 Å². The van der Waals surface area contributed by atoms with E-state index in [1.54, 1.807) is 20.8 Å². The predicted molar refractivity (Wildman–Crippen MR) is 73.4 cm³/mol. The Morgan fingerprint density at radius 3 is 2.60 bits per heavy atom. The number of nitrogens with zero attached hydrogens (tertiary/aromatic N) is 1. The molecule has 1 aromatic rings. The molecule has 0 aliphatic carbocycles. The highest BCUT2D eigenvalue weighted by molar-refractivity contribution is 5.89. The summed E-state index contributed by atoms with van der Waals surface area (Å²) in [5, 5.41) is 0. The van der Waals surface area contributed by atoms with Gasteiger partial charge < -0.3 is 9.47 Å². The van der Waals surface area contributed by atoms with Gasteiger partial charge in [0.05, 0.1) is 6.04 Å². The molecule has 0 unspecified atom stereocenters. The van der Waals surface area contributed by atoms with Crippen molar-refractivity contribution in [1.29, 1.82) is 0 Å². The second kappa shape index (κ2) is 5.53. The van der Waals surface area contributed by atoms with Gasteiger partial charge in [-0.05, 0) is 32.8 Å². The van der Waals surface area contributed by atoms with Crippen molar-refractivity contribution >= 4 is 12.2 Å². The standard InChI is InChI=1S/C15H19NO4/c1-15(2,3)20-14(18)16-12(10-19-13(16)17)9-11-7-5-4-6-8-11/h4-8,12H,9-10H2,1-3H3/t12-/m1/s1. The van der Waals surface area contributed by atoms with Crippen LogP contribution in [0.1, 0.15) is 26.3 Å². The minimum absolute atomic E-state index is 0.201. The summed E-state index contributed by atoms with van der Waals surface area (Å²) in [6.45, 7) is 5.49. The topological polar surface area (TPSA) is 55.8 Å². The molecule has 108 valence electrons. The summed E-state index contributed by atoms with van der Waals surface area (Å²) in [5.41, 5.74) is 0.404. The van der Waals surface area contributed by atoms with Crippen molar-refractivity contribution in [1.82, 2.24) is 4.90 Å². The number of carbonyl (C=O) groups excluding carboxylic acids is 2. The Morgan fingerprint density at radius 2 is 2.00 bits per heavy atom. The number of hydrogen-bond acceptors (Lipinski definition) is 4. The van der Waals surface area contributed by atoms with E-state index in [0.717, 1.165) is 10.5 Å². The Labute approximate surface area is 118 Å². The first kappa shape index (κ1) is 14.4. The van der Waals surface area contributed by atoms with Gasteiger partial charge in [-0.1, -0.05) is 30.3 Å². The maximum Gasteiger partial charge on any atom is 0.420 e. The highest BCUT2D eigenvalue weighted by Gasteiger charge is 2.40. The number of imide groups is 1. The molecule has 0 spiro atoms. The summed E-state index contributed by atoms with van der Waals surface area (Å²) in [4.78, 5) is 24.8. The van der Waals surface area contributed by atoms with Crippen LogP contribution in [0, 0.1) is 0 Å². The molecular formula is C15H19NO4. The van der Waals surface area contributed by atoms with Crippen LogP contribution in [0.2, 0.25) is 0 Å². The van der Waals surface area contributed by atoms with Gasteiger partial charge in [0.2, 0.25) is 0 Å². The van der Waals surface area contributed by atoms with Crippen molar-refractivity contribution < 1.29 is 19.1 Å². The molecule has 20 heavy (non-hydrogen) atoms. The molecule has 1 atom stereocenters. The number of benzene rings is 1. The Hall–Kier alpha value is -2.04. The van der Waals surface area contributed by atoms with Crippen LogP contribution in [0.4, 0.5) is 9.59 Å². The van der Waals surface area contributed by atoms with E-state index in [1.165, 1.54) is 0 Å². The van der Waals surface area contributed by atoms with Crippen LogP contribution in [0.15, 0.2) is 30.3 Å². The molecule has 1 heterocycles. The molecule has 2 amide bonds. The zero-order valence-electron chi connectivity index (χ0n) is 12.0. The number of hydrogen-bond donors (Lipinski definition) is 0. The van der Waals surface area contributed by atoms with Crippen molar-refractivity contribution in [3.05, 3.63) is 35.9 Å². The van der Waals surface area contributed by atoms with Crippen LogP contribution >= 0.6 is 0 Å². The maximum absolute atomic E-state index is 12.1. The fourth-order valence-corrected chi connectivity index (χ4v) is 2.03. The molecule has 1 aliphatic heterocycles. The normalized spacial score (nSPS) is 18.9. The van der Waals surface area contributed by atoms with Crippen LogP contribution in [0.5, 0.6) is 0 Å². The Morgan fingerprint density at radius 1 is 1.35 bits per heavy atom. The van der Waals surface area contributed by atoms with Crippen molar-refractivity contribution in [2.75, 3.05) is 6.61 Å². The fraction of sp³-hybridized carbons (Fsp3) is 0.467. The highest BCUT2D eigenvalue weighted by atomic mass is 16.6. The molecule has 0 bridgehead atoms. The van der Waals surface area contributed by atoms with Gasteiger partial charge in [-0.3, -0.25) is 0 Å². The van der Waals surface area contributed by atoms with Gasteiger partial charge in [0.15, 0.2) is 0 Å². The van der Waals surface area contributed by atoms with Crippen molar-refractivity contribution in [3.8, 4) is 0 Å². The second-order valence-corrected chi connectivity index (χ2v) is 5.77. The molecule has 0 aromatic heterocycles. The lowest BCUT2D eigenvalue weighted by molar-refractivity contribution is 0.0292. The summed E-state index contributed by atoms with van der Waals surface area (Å²) in [6, 6.07) is 9.35. The van der Waals surface area contributed by atoms with Crippen LogP contribution in [-0.2, 0) is 15.9 Å². The van der Waals surface area contributed by atoms with E-state index in [4.69, 9.17) is 9.47 Å². The van der Waals surface area contributed by atoms with Crippen LogP contribution in [-0.4, -0.2) is 35.3 Å². The first-order valence-electron chi connectivity index (χ1n) is 6.60. The van der Waals surface area contributed by atoms with Gasteiger partial charge in [0, 0.05) is 0 Å². The third-order valence-electron chi connectivity index (χ3n) is 2.87. The molecule has 1 fully saturated rings. The van der Waals surface area contributed by atoms with Crippen LogP contribution < -0.4 is 0 Å². The van der Waals surface area contributed by atoms with Gasteiger partial charge in [0.1, 0.15) is 12.2 Å². The number of amides is 2. The largest absolute Gasteiger partial charge is 0.447 e. The molecule has 0 N–H and O–H groups in total. The maximum atomic E-state index is 12.1. The lowest BCUT2D eigenvalue weighted by atomic mass is 10.1. The van der Waals surface area contributed by atoms with Crippen LogP contribution in [0.25, 0.3) is 0 Å². The van der Waals surface area contributed by atoms with Gasteiger partial charge >= 0.3 is 12.2 Å². The number of ether oxygens (including phenoxy) is 2. The first-order valence-corrected chi connectivity index (χ1v) is 6.60. The summed E-state index contributed by atoms with van der Waals surface area (Å²) >= 11 is 0. The molecular weight excluding hydrogens is 258 g/mol. The van der Waals surface area contributed by atoms with Gasteiger partial charge in [-0.25, -0.2) is 14.5 Å². The molecule has 5 nitrogen and oxygen atoms in total. The fourth-order valence-electron chi connectivity index (χ4n) is 2.03. The molecule has 5 heteroatoms. The minimum atomic E-state index is -0.652. The van der Waals surface area contributed by atoms with E-state index in [0.29, 0.717) is 6.42 Å². The average Bonchev–Trinajstić information content (AvgIpc) is 2.69. The molecule has 1 saturated heterocycles. The summed E-state index contributed by atoms with van der Waals surface area (Å²) in [6.07, 6.45) is -0.729. The third-order valence-corrected chi connectivity index (χ3v) is 2.87. The van der Waals surface area contributed by atoms with Crippen molar-refractivity contribution in [2.24, 2.45) is 0 Å². The molecule has 2 rings (SSSR count). The van der Waals surface area contributed by atoms with E-state index < -0.39 is 17.8 Å². The summed E-state index contributed by atoms with van der Waals surface area (Å²) in [5.74, 6) is 0.